The van der Waals surface area contributed by atoms with Crippen LogP contribution in [0.4, 0.5) is 0 Å². The first-order valence-corrected chi connectivity index (χ1v) is 6.63. The number of unbranched alkanes of at least 4 members (excludes halogenated alkanes) is 1. The smallest absolute Gasteiger partial charge is 0.00702 e. The van der Waals surface area contributed by atoms with Gasteiger partial charge in [0.1, 0.15) is 0 Å². The first kappa shape index (κ1) is 14.9. The topological polar surface area (TPSA) is 29.3 Å². The lowest BCUT2D eigenvalue weighted by Gasteiger charge is -2.34. The molecule has 2 N–H and O–H groups in total. The van der Waals surface area contributed by atoms with Gasteiger partial charge in [-0.05, 0) is 52.6 Å². The van der Waals surface area contributed by atoms with Gasteiger partial charge in [0.15, 0.2) is 0 Å². The quantitative estimate of drug-likeness (QED) is 0.639. The molecule has 0 spiro atoms. The maximum Gasteiger partial charge on any atom is 0.00702 e. The molecule has 0 heterocycles. The summed E-state index contributed by atoms with van der Waals surface area (Å²) in [6.45, 7) is 11.3. The fraction of sp³-hybridized carbons (Fsp3) is 1.00. The Bertz CT molecular complexity index is 136. The summed E-state index contributed by atoms with van der Waals surface area (Å²) < 4.78 is 0. The van der Waals surface area contributed by atoms with Gasteiger partial charge in [0.2, 0.25) is 0 Å². The highest BCUT2D eigenvalue weighted by Gasteiger charge is 2.17. The van der Waals surface area contributed by atoms with E-state index in [0.29, 0.717) is 12.1 Å². The molecule has 0 saturated carbocycles. The molecule has 0 rings (SSSR count). The van der Waals surface area contributed by atoms with Gasteiger partial charge in [-0.15, -0.1) is 0 Å². The van der Waals surface area contributed by atoms with Gasteiger partial charge < -0.3 is 5.73 Å². The van der Waals surface area contributed by atoms with Gasteiger partial charge in [0.25, 0.3) is 0 Å². The third kappa shape index (κ3) is 6.16. The fourth-order valence-electron chi connectivity index (χ4n) is 2.03. The molecule has 0 aliphatic heterocycles. The van der Waals surface area contributed by atoms with Crippen LogP contribution in [0.5, 0.6) is 0 Å². The predicted molar refractivity (Wildman–Crippen MR) is 69.1 cm³/mol. The molecule has 0 aromatic rings. The van der Waals surface area contributed by atoms with Crippen molar-refractivity contribution in [2.45, 2.75) is 71.9 Å². The van der Waals surface area contributed by atoms with Gasteiger partial charge >= 0.3 is 0 Å². The minimum Gasteiger partial charge on any atom is -0.330 e. The third-order valence-electron chi connectivity index (χ3n) is 3.32. The molecule has 2 atom stereocenters. The van der Waals surface area contributed by atoms with Crippen LogP contribution in [0.1, 0.15) is 59.8 Å². The maximum atomic E-state index is 5.57. The van der Waals surface area contributed by atoms with Crippen LogP contribution in [0, 0.1) is 0 Å². The zero-order valence-corrected chi connectivity index (χ0v) is 11.1. The Kier molecular flexibility index (Phi) is 9.12. The molecule has 0 aliphatic rings. The molecule has 2 nitrogen and oxygen atoms in total. The van der Waals surface area contributed by atoms with Crippen molar-refractivity contribution in [2.75, 3.05) is 13.1 Å². The molecule has 92 valence electrons. The SMILES string of the molecule is CCCCN(C(C)CC)C(C)CCCN. The lowest BCUT2D eigenvalue weighted by Crippen LogP contribution is -2.40. The van der Waals surface area contributed by atoms with Crippen molar-refractivity contribution in [2.24, 2.45) is 5.73 Å². The first-order chi connectivity index (χ1) is 7.17. The van der Waals surface area contributed by atoms with E-state index in [9.17, 15) is 0 Å². The summed E-state index contributed by atoms with van der Waals surface area (Å²) in [4.78, 5) is 2.65. The van der Waals surface area contributed by atoms with Gasteiger partial charge in [-0.1, -0.05) is 20.3 Å². The highest BCUT2D eigenvalue weighted by Crippen LogP contribution is 2.14. The molecular weight excluding hydrogens is 184 g/mol. The molecule has 0 fully saturated rings. The van der Waals surface area contributed by atoms with E-state index in [-0.39, 0.29) is 0 Å². The van der Waals surface area contributed by atoms with Crippen LogP contribution in [0.3, 0.4) is 0 Å². The minimum absolute atomic E-state index is 0.690. The van der Waals surface area contributed by atoms with Crippen molar-refractivity contribution in [3.63, 3.8) is 0 Å². The summed E-state index contributed by atoms with van der Waals surface area (Å²) >= 11 is 0. The number of hydrogen-bond donors (Lipinski definition) is 1. The Morgan fingerprint density at radius 1 is 1.07 bits per heavy atom. The molecule has 0 aliphatic carbocycles. The van der Waals surface area contributed by atoms with Crippen LogP contribution in [-0.2, 0) is 0 Å². The molecule has 0 aromatic heterocycles. The molecule has 0 radical (unpaired) electrons. The average molecular weight is 214 g/mol. The third-order valence-corrected chi connectivity index (χ3v) is 3.32. The van der Waals surface area contributed by atoms with Crippen molar-refractivity contribution in [3.8, 4) is 0 Å². The molecule has 0 saturated heterocycles. The monoisotopic (exact) mass is 214 g/mol. The van der Waals surface area contributed by atoms with Crippen LogP contribution >= 0.6 is 0 Å². The molecule has 0 bridgehead atoms. The van der Waals surface area contributed by atoms with E-state index < -0.39 is 0 Å². The standard InChI is InChI=1S/C13H30N2/c1-5-7-11-15(12(3)6-2)13(4)9-8-10-14/h12-13H,5-11,14H2,1-4H3. The van der Waals surface area contributed by atoms with Gasteiger partial charge in [0, 0.05) is 12.1 Å². The summed E-state index contributed by atoms with van der Waals surface area (Å²) in [5, 5.41) is 0. The predicted octanol–water partition coefficient (Wildman–Crippen LogP) is 3.01. The summed E-state index contributed by atoms with van der Waals surface area (Å²) in [6, 6.07) is 1.40. The van der Waals surface area contributed by atoms with Gasteiger partial charge in [-0.3, -0.25) is 4.90 Å². The zero-order chi connectivity index (χ0) is 11.7. The van der Waals surface area contributed by atoms with Crippen molar-refractivity contribution < 1.29 is 0 Å². The number of nitrogens with two attached hydrogens (primary N) is 1. The van der Waals surface area contributed by atoms with E-state index in [1.54, 1.807) is 0 Å². The second-order valence-electron chi connectivity index (χ2n) is 4.63. The summed E-state index contributed by atoms with van der Waals surface area (Å²) in [5.74, 6) is 0. The average Bonchev–Trinajstić information content (AvgIpc) is 2.26. The van der Waals surface area contributed by atoms with Crippen LogP contribution in [0.2, 0.25) is 0 Å². The van der Waals surface area contributed by atoms with Crippen molar-refractivity contribution in [3.05, 3.63) is 0 Å². The van der Waals surface area contributed by atoms with E-state index in [4.69, 9.17) is 5.73 Å². The lowest BCUT2D eigenvalue weighted by molar-refractivity contribution is 0.139. The van der Waals surface area contributed by atoms with E-state index >= 15 is 0 Å². The van der Waals surface area contributed by atoms with Crippen molar-refractivity contribution in [1.82, 2.24) is 4.90 Å². The Hall–Kier alpha value is -0.0800. The Balaban J connectivity index is 4.07. The second-order valence-corrected chi connectivity index (χ2v) is 4.63. The maximum absolute atomic E-state index is 5.57. The van der Waals surface area contributed by atoms with Gasteiger partial charge in [0.05, 0.1) is 0 Å². The van der Waals surface area contributed by atoms with Crippen LogP contribution < -0.4 is 5.73 Å². The summed E-state index contributed by atoms with van der Waals surface area (Å²) in [5.41, 5.74) is 5.57. The molecular formula is C13H30N2. The lowest BCUT2D eigenvalue weighted by atomic mass is 10.1. The van der Waals surface area contributed by atoms with E-state index in [0.717, 1.165) is 13.0 Å². The van der Waals surface area contributed by atoms with E-state index in [1.165, 1.54) is 32.2 Å². The second kappa shape index (κ2) is 9.17. The molecule has 2 heteroatoms. The Morgan fingerprint density at radius 2 is 1.73 bits per heavy atom. The Morgan fingerprint density at radius 3 is 2.20 bits per heavy atom. The van der Waals surface area contributed by atoms with Crippen LogP contribution in [-0.4, -0.2) is 30.1 Å². The molecule has 0 aromatic carbocycles. The summed E-state index contributed by atoms with van der Waals surface area (Å²) in [6.07, 6.45) is 6.25. The van der Waals surface area contributed by atoms with Gasteiger partial charge in [-0.2, -0.15) is 0 Å². The highest BCUT2D eigenvalue weighted by molar-refractivity contribution is 4.73. The highest BCUT2D eigenvalue weighted by atomic mass is 15.2. The largest absolute Gasteiger partial charge is 0.330 e. The fourth-order valence-corrected chi connectivity index (χ4v) is 2.03. The normalized spacial score (nSPS) is 15.6. The summed E-state index contributed by atoms with van der Waals surface area (Å²) in [7, 11) is 0. The molecule has 15 heavy (non-hydrogen) atoms. The van der Waals surface area contributed by atoms with E-state index in [2.05, 4.69) is 32.6 Å². The number of rotatable bonds is 9. The molecule has 0 amide bonds. The van der Waals surface area contributed by atoms with Crippen LogP contribution in [0.15, 0.2) is 0 Å². The van der Waals surface area contributed by atoms with Crippen LogP contribution in [0.25, 0.3) is 0 Å². The van der Waals surface area contributed by atoms with Crippen molar-refractivity contribution in [1.29, 1.82) is 0 Å². The number of nitrogens with zero attached hydrogens (tertiary/aromatic N) is 1. The zero-order valence-electron chi connectivity index (χ0n) is 11.1. The Labute approximate surface area is 96.2 Å². The van der Waals surface area contributed by atoms with E-state index in [1.807, 2.05) is 0 Å². The first-order valence-electron chi connectivity index (χ1n) is 6.63. The number of hydrogen-bond acceptors (Lipinski definition) is 2. The minimum atomic E-state index is 0.690. The molecule has 2 unspecified atom stereocenters. The van der Waals surface area contributed by atoms with Gasteiger partial charge in [-0.25, -0.2) is 0 Å². The van der Waals surface area contributed by atoms with Crippen molar-refractivity contribution >= 4 is 0 Å².